The monoisotopic (exact) mass is 200 g/mol. The molecule has 0 radical (unpaired) electrons. The van der Waals surface area contributed by atoms with Crippen LogP contribution in [0, 0.1) is 0 Å². The first-order valence-corrected chi connectivity index (χ1v) is 6.09. The minimum atomic E-state index is 0.0183. The summed E-state index contributed by atoms with van der Waals surface area (Å²) in [5.41, 5.74) is 0. The van der Waals surface area contributed by atoms with E-state index in [4.69, 9.17) is 4.74 Å². The van der Waals surface area contributed by atoms with Gasteiger partial charge >= 0.3 is 0 Å². The normalized spacial score (nSPS) is 28.8. The molecule has 0 bridgehead atoms. The molecular weight excluding hydrogens is 184 g/mol. The topological polar surface area (TPSA) is 26.3 Å². The number of carbonyl (C=O) groups is 1. The van der Waals surface area contributed by atoms with Gasteiger partial charge in [0.2, 0.25) is 0 Å². The first kappa shape index (κ1) is 9.53. The summed E-state index contributed by atoms with van der Waals surface area (Å²) < 4.78 is 5.89. The Morgan fingerprint density at radius 3 is 2.77 bits per heavy atom. The van der Waals surface area contributed by atoms with Gasteiger partial charge in [0.1, 0.15) is 10.7 Å². The van der Waals surface area contributed by atoms with Gasteiger partial charge in [-0.3, -0.25) is 4.79 Å². The van der Waals surface area contributed by atoms with Crippen LogP contribution in [0.5, 0.6) is 0 Å². The van der Waals surface area contributed by atoms with Crippen LogP contribution in [0.1, 0.15) is 38.5 Å². The van der Waals surface area contributed by atoms with E-state index in [1.165, 1.54) is 18.6 Å². The summed E-state index contributed by atoms with van der Waals surface area (Å²) in [5, 5.41) is 0. The second-order valence-corrected chi connectivity index (χ2v) is 5.29. The van der Waals surface area contributed by atoms with Gasteiger partial charge in [-0.2, -0.15) is 0 Å². The zero-order chi connectivity index (χ0) is 9.15. The van der Waals surface area contributed by atoms with E-state index in [-0.39, 0.29) is 4.93 Å². The van der Waals surface area contributed by atoms with Crippen LogP contribution in [0.25, 0.3) is 0 Å². The van der Waals surface area contributed by atoms with Crippen molar-refractivity contribution in [3.63, 3.8) is 0 Å². The lowest BCUT2D eigenvalue weighted by molar-refractivity contribution is -0.124. The van der Waals surface area contributed by atoms with Crippen LogP contribution in [-0.4, -0.2) is 23.1 Å². The zero-order valence-corrected chi connectivity index (χ0v) is 8.70. The van der Waals surface area contributed by atoms with Crippen LogP contribution >= 0.6 is 11.8 Å². The van der Waals surface area contributed by atoms with Gasteiger partial charge in [0.25, 0.3) is 0 Å². The second-order valence-electron chi connectivity index (χ2n) is 3.85. The molecular formula is C10H16O2S. The first-order valence-electron chi connectivity index (χ1n) is 5.10. The molecule has 0 aromatic carbocycles. The van der Waals surface area contributed by atoms with Crippen molar-refractivity contribution in [2.45, 2.75) is 43.5 Å². The average Bonchev–Trinajstić information content (AvgIpc) is 2.37. The minimum Gasteiger partial charge on any atom is -0.364 e. The second kappa shape index (κ2) is 4.01. The van der Waals surface area contributed by atoms with Gasteiger partial charge < -0.3 is 4.74 Å². The SMILES string of the molecule is O=C1CCC2(CC1)OCCCCS2. The largest absolute Gasteiger partial charge is 0.364 e. The molecule has 2 fully saturated rings. The van der Waals surface area contributed by atoms with E-state index in [1.807, 2.05) is 11.8 Å². The Morgan fingerprint density at radius 1 is 1.23 bits per heavy atom. The molecule has 0 amide bonds. The van der Waals surface area contributed by atoms with Crippen LogP contribution in [0.15, 0.2) is 0 Å². The van der Waals surface area contributed by atoms with Crippen molar-refractivity contribution >= 4 is 17.5 Å². The van der Waals surface area contributed by atoms with Crippen LogP contribution in [0.3, 0.4) is 0 Å². The zero-order valence-electron chi connectivity index (χ0n) is 7.88. The number of carbonyl (C=O) groups excluding carboxylic acids is 1. The lowest BCUT2D eigenvalue weighted by atomic mass is 9.96. The van der Waals surface area contributed by atoms with Crippen LogP contribution < -0.4 is 0 Å². The van der Waals surface area contributed by atoms with E-state index in [1.54, 1.807) is 0 Å². The third kappa shape index (κ3) is 2.26. The maximum Gasteiger partial charge on any atom is 0.133 e. The number of thioether (sulfide) groups is 1. The molecule has 13 heavy (non-hydrogen) atoms. The Bertz CT molecular complexity index is 183. The fraction of sp³-hybridized carbons (Fsp3) is 0.900. The fourth-order valence-electron chi connectivity index (χ4n) is 1.96. The molecule has 0 aromatic rings. The predicted molar refractivity (Wildman–Crippen MR) is 53.9 cm³/mol. The van der Waals surface area contributed by atoms with Gasteiger partial charge in [-0.1, -0.05) is 0 Å². The van der Waals surface area contributed by atoms with Gasteiger partial charge in [-0.05, 0) is 31.4 Å². The maximum absolute atomic E-state index is 11.1. The van der Waals surface area contributed by atoms with Crippen LogP contribution in [-0.2, 0) is 9.53 Å². The van der Waals surface area contributed by atoms with E-state index < -0.39 is 0 Å². The summed E-state index contributed by atoms with van der Waals surface area (Å²) in [4.78, 5) is 11.1. The Balaban J connectivity index is 1.97. The van der Waals surface area contributed by atoms with Crippen molar-refractivity contribution in [3.05, 3.63) is 0 Å². The Morgan fingerprint density at radius 2 is 2.00 bits per heavy atom. The van der Waals surface area contributed by atoms with Gasteiger partial charge in [-0.25, -0.2) is 0 Å². The number of hydrogen-bond acceptors (Lipinski definition) is 3. The summed E-state index contributed by atoms with van der Waals surface area (Å²) in [5.74, 6) is 1.62. The Hall–Kier alpha value is -0.0200. The van der Waals surface area contributed by atoms with Gasteiger partial charge in [0.15, 0.2) is 0 Å². The van der Waals surface area contributed by atoms with Gasteiger partial charge in [0.05, 0.1) is 0 Å². The standard InChI is InChI=1S/C10H16O2S/c11-9-3-5-10(6-4-9)12-7-1-2-8-13-10/h1-8H2. The summed E-state index contributed by atoms with van der Waals surface area (Å²) in [6, 6.07) is 0. The fourth-order valence-corrected chi connectivity index (χ4v) is 3.34. The molecule has 1 aliphatic carbocycles. The van der Waals surface area contributed by atoms with E-state index in [2.05, 4.69) is 0 Å². The summed E-state index contributed by atoms with van der Waals surface area (Å²) >= 11 is 1.93. The molecule has 0 atom stereocenters. The number of hydrogen-bond donors (Lipinski definition) is 0. The average molecular weight is 200 g/mol. The predicted octanol–water partition coefficient (Wildman–Crippen LogP) is 2.37. The molecule has 2 aliphatic rings. The molecule has 74 valence electrons. The molecule has 1 spiro atoms. The Labute approximate surface area is 83.4 Å². The summed E-state index contributed by atoms with van der Waals surface area (Å²) in [7, 11) is 0. The highest BCUT2D eigenvalue weighted by Gasteiger charge is 2.36. The van der Waals surface area contributed by atoms with Crippen molar-refractivity contribution in [2.24, 2.45) is 0 Å². The Kier molecular flexibility index (Phi) is 2.94. The smallest absolute Gasteiger partial charge is 0.133 e. The molecule has 1 saturated carbocycles. The van der Waals surface area contributed by atoms with E-state index in [0.717, 1.165) is 32.3 Å². The molecule has 0 N–H and O–H groups in total. The van der Waals surface area contributed by atoms with Crippen LogP contribution in [0.2, 0.25) is 0 Å². The minimum absolute atomic E-state index is 0.0183. The molecule has 1 heterocycles. The third-order valence-electron chi connectivity index (χ3n) is 2.84. The number of Topliss-reactive ketones (excluding diaryl/α,β-unsaturated/α-hetero) is 1. The lowest BCUT2D eigenvalue weighted by Crippen LogP contribution is -2.33. The summed E-state index contributed by atoms with van der Waals surface area (Å²) in [6.07, 6.45) is 5.79. The molecule has 1 saturated heterocycles. The third-order valence-corrected chi connectivity index (χ3v) is 4.38. The molecule has 2 nitrogen and oxygen atoms in total. The van der Waals surface area contributed by atoms with Crippen molar-refractivity contribution < 1.29 is 9.53 Å². The molecule has 0 aromatic heterocycles. The van der Waals surface area contributed by atoms with E-state index in [0.29, 0.717) is 5.78 Å². The maximum atomic E-state index is 11.1. The highest BCUT2D eigenvalue weighted by atomic mass is 32.2. The number of ketones is 1. The van der Waals surface area contributed by atoms with Gasteiger partial charge in [-0.15, -0.1) is 11.8 Å². The summed E-state index contributed by atoms with van der Waals surface area (Å²) in [6.45, 7) is 0.890. The lowest BCUT2D eigenvalue weighted by Gasteiger charge is -2.34. The molecule has 1 aliphatic heterocycles. The highest BCUT2D eigenvalue weighted by Crippen LogP contribution is 2.41. The molecule has 2 rings (SSSR count). The molecule has 0 unspecified atom stereocenters. The number of rotatable bonds is 0. The van der Waals surface area contributed by atoms with Crippen molar-refractivity contribution in [3.8, 4) is 0 Å². The number of ether oxygens (including phenoxy) is 1. The van der Waals surface area contributed by atoms with Crippen molar-refractivity contribution in [2.75, 3.05) is 12.4 Å². The van der Waals surface area contributed by atoms with E-state index >= 15 is 0 Å². The van der Waals surface area contributed by atoms with Crippen molar-refractivity contribution in [1.29, 1.82) is 0 Å². The van der Waals surface area contributed by atoms with Crippen molar-refractivity contribution in [1.82, 2.24) is 0 Å². The van der Waals surface area contributed by atoms with Crippen LogP contribution in [0.4, 0.5) is 0 Å². The first-order chi connectivity index (χ1) is 6.31. The van der Waals surface area contributed by atoms with E-state index in [9.17, 15) is 4.79 Å². The molecule has 3 heteroatoms. The van der Waals surface area contributed by atoms with Gasteiger partial charge in [0, 0.05) is 19.4 Å². The quantitative estimate of drug-likeness (QED) is 0.600. The highest BCUT2D eigenvalue weighted by molar-refractivity contribution is 8.00.